The molecule has 3 nitrogen and oxygen atoms in total. The Hall–Kier alpha value is -1.64. The van der Waals surface area contributed by atoms with Crippen molar-refractivity contribution in [3.8, 4) is 5.75 Å². The molecule has 28 heavy (non-hydrogen) atoms. The third-order valence-electron chi connectivity index (χ3n) is 5.27. The summed E-state index contributed by atoms with van der Waals surface area (Å²) in [5.74, 6) is 0.494. The van der Waals surface area contributed by atoms with Crippen molar-refractivity contribution < 1.29 is 14.7 Å². The maximum Gasteiger partial charge on any atom is 0.162 e. The molecule has 0 bridgehead atoms. The molecule has 0 aliphatic carbocycles. The summed E-state index contributed by atoms with van der Waals surface area (Å²) in [6, 6.07) is 3.78. The SMILES string of the molecule is CC(C)(C)c1cc(C(=O)CCCCCCCCCC=O)cc(C(C)(C)C)c1O. The predicted octanol–water partition coefficient (Wildman–Crippen LogP) is 6.88. The molecule has 158 valence electrons. The monoisotopic (exact) mass is 388 g/mol. The maximum absolute atomic E-state index is 12.8. The second-order valence-corrected chi connectivity index (χ2v) is 10.0. The lowest BCUT2D eigenvalue weighted by molar-refractivity contribution is -0.107. The fraction of sp³-hybridized carbons (Fsp3) is 0.680. The molecule has 0 saturated heterocycles. The summed E-state index contributed by atoms with van der Waals surface area (Å²) < 4.78 is 0. The molecule has 0 unspecified atom stereocenters. The molecule has 0 aromatic heterocycles. The first kappa shape index (κ1) is 24.4. The molecule has 3 heteroatoms. The molecule has 0 heterocycles. The van der Waals surface area contributed by atoms with Gasteiger partial charge in [-0.15, -0.1) is 0 Å². The number of aromatic hydroxyl groups is 1. The number of ketones is 1. The van der Waals surface area contributed by atoms with Crippen LogP contribution in [-0.2, 0) is 15.6 Å². The average molecular weight is 389 g/mol. The van der Waals surface area contributed by atoms with E-state index in [4.69, 9.17) is 0 Å². The highest BCUT2D eigenvalue weighted by Crippen LogP contribution is 2.40. The third kappa shape index (κ3) is 7.77. The fourth-order valence-electron chi connectivity index (χ4n) is 3.48. The van der Waals surface area contributed by atoms with Gasteiger partial charge in [-0.25, -0.2) is 0 Å². The number of carbonyl (C=O) groups is 2. The number of carbonyl (C=O) groups excluding carboxylic acids is 2. The zero-order valence-electron chi connectivity index (χ0n) is 18.9. The molecular weight excluding hydrogens is 348 g/mol. The van der Waals surface area contributed by atoms with Gasteiger partial charge >= 0.3 is 0 Å². The zero-order chi connectivity index (χ0) is 21.4. The van der Waals surface area contributed by atoms with Gasteiger partial charge in [0, 0.05) is 29.5 Å². The summed E-state index contributed by atoms with van der Waals surface area (Å²) in [6.45, 7) is 12.4. The van der Waals surface area contributed by atoms with Crippen LogP contribution in [0.25, 0.3) is 0 Å². The highest BCUT2D eigenvalue weighted by atomic mass is 16.3. The van der Waals surface area contributed by atoms with Crippen molar-refractivity contribution >= 4 is 12.1 Å². The fourth-order valence-corrected chi connectivity index (χ4v) is 3.48. The van der Waals surface area contributed by atoms with Crippen molar-refractivity contribution in [2.24, 2.45) is 0 Å². The molecule has 0 saturated carbocycles. The van der Waals surface area contributed by atoms with Crippen molar-refractivity contribution in [1.82, 2.24) is 0 Å². The van der Waals surface area contributed by atoms with Gasteiger partial charge in [0.2, 0.25) is 0 Å². The van der Waals surface area contributed by atoms with Crippen LogP contribution >= 0.6 is 0 Å². The largest absolute Gasteiger partial charge is 0.507 e. The Bertz CT molecular complexity index is 610. The highest BCUT2D eigenvalue weighted by Gasteiger charge is 2.27. The van der Waals surface area contributed by atoms with Gasteiger partial charge in [0.15, 0.2) is 5.78 Å². The van der Waals surface area contributed by atoms with Crippen LogP contribution < -0.4 is 0 Å². The van der Waals surface area contributed by atoms with Crippen LogP contribution in [0.5, 0.6) is 5.75 Å². The molecule has 1 rings (SSSR count). The number of rotatable bonds is 11. The first-order valence-corrected chi connectivity index (χ1v) is 10.8. The van der Waals surface area contributed by atoms with E-state index in [9.17, 15) is 14.7 Å². The van der Waals surface area contributed by atoms with E-state index in [2.05, 4.69) is 41.5 Å². The quantitative estimate of drug-likeness (QED) is 0.255. The lowest BCUT2D eigenvalue weighted by Crippen LogP contribution is -2.18. The molecule has 0 radical (unpaired) electrons. The second kappa shape index (κ2) is 10.8. The van der Waals surface area contributed by atoms with E-state index in [0.29, 0.717) is 18.6 Å². The van der Waals surface area contributed by atoms with Crippen LogP contribution in [0.1, 0.15) is 121 Å². The number of hydrogen-bond donors (Lipinski definition) is 1. The topological polar surface area (TPSA) is 54.4 Å². The molecule has 1 N–H and O–H groups in total. The second-order valence-electron chi connectivity index (χ2n) is 10.0. The summed E-state index contributed by atoms with van der Waals surface area (Å²) in [5, 5.41) is 10.8. The number of benzene rings is 1. The average Bonchev–Trinajstić information content (AvgIpc) is 2.58. The van der Waals surface area contributed by atoms with Gasteiger partial charge in [-0.2, -0.15) is 0 Å². The van der Waals surface area contributed by atoms with E-state index in [-0.39, 0.29) is 16.6 Å². The Morgan fingerprint density at radius 3 is 1.68 bits per heavy atom. The number of phenolic OH excluding ortho intramolecular Hbond substituents is 1. The Balaban J connectivity index is 2.69. The van der Waals surface area contributed by atoms with Gasteiger partial charge in [0.25, 0.3) is 0 Å². The number of hydrogen-bond acceptors (Lipinski definition) is 3. The number of phenols is 1. The minimum atomic E-state index is -0.218. The van der Waals surface area contributed by atoms with Crippen molar-refractivity contribution in [2.45, 2.75) is 110 Å². The van der Waals surface area contributed by atoms with Gasteiger partial charge in [0.1, 0.15) is 12.0 Å². The Morgan fingerprint density at radius 2 is 1.25 bits per heavy atom. The normalized spacial score (nSPS) is 12.2. The summed E-state index contributed by atoms with van der Waals surface area (Å²) in [4.78, 5) is 23.1. The number of aldehydes is 1. The zero-order valence-corrected chi connectivity index (χ0v) is 18.9. The Labute approximate surface area is 171 Å². The van der Waals surface area contributed by atoms with Crippen LogP contribution in [0.15, 0.2) is 12.1 Å². The summed E-state index contributed by atoms with van der Waals surface area (Å²) in [5.41, 5.74) is 1.98. The van der Waals surface area contributed by atoms with Gasteiger partial charge in [-0.05, 0) is 35.8 Å². The molecule has 0 amide bonds. The van der Waals surface area contributed by atoms with Crippen LogP contribution in [0.3, 0.4) is 0 Å². The molecular formula is C25H40O3. The molecule has 0 aliphatic rings. The van der Waals surface area contributed by atoms with E-state index < -0.39 is 0 Å². The van der Waals surface area contributed by atoms with E-state index >= 15 is 0 Å². The van der Waals surface area contributed by atoms with Gasteiger partial charge in [-0.1, -0.05) is 73.6 Å². The lowest BCUT2D eigenvalue weighted by Gasteiger charge is -2.28. The smallest absolute Gasteiger partial charge is 0.162 e. The predicted molar refractivity (Wildman–Crippen MR) is 117 cm³/mol. The number of Topliss-reactive ketones (excluding diaryl/α,β-unsaturated/α-hetero) is 1. The summed E-state index contributed by atoms with van der Waals surface area (Å²) in [6.07, 6.45) is 9.80. The molecule has 1 aromatic carbocycles. The van der Waals surface area contributed by atoms with Crippen LogP contribution in [-0.4, -0.2) is 17.2 Å². The van der Waals surface area contributed by atoms with E-state index in [1.54, 1.807) is 0 Å². The minimum absolute atomic E-state index is 0.169. The van der Waals surface area contributed by atoms with Crippen molar-refractivity contribution in [1.29, 1.82) is 0 Å². The Kier molecular flexibility index (Phi) is 9.39. The van der Waals surface area contributed by atoms with E-state index in [1.807, 2.05) is 12.1 Å². The first-order valence-electron chi connectivity index (χ1n) is 10.8. The highest BCUT2D eigenvalue weighted by molar-refractivity contribution is 5.96. The molecule has 0 aliphatic heterocycles. The van der Waals surface area contributed by atoms with Crippen LogP contribution in [0.4, 0.5) is 0 Å². The van der Waals surface area contributed by atoms with Crippen LogP contribution in [0, 0.1) is 0 Å². The summed E-state index contributed by atoms with van der Waals surface area (Å²) >= 11 is 0. The molecule has 0 atom stereocenters. The minimum Gasteiger partial charge on any atom is -0.507 e. The molecule has 0 spiro atoms. The van der Waals surface area contributed by atoms with E-state index in [1.165, 1.54) is 12.8 Å². The third-order valence-corrected chi connectivity index (χ3v) is 5.27. The van der Waals surface area contributed by atoms with Crippen molar-refractivity contribution in [3.63, 3.8) is 0 Å². The van der Waals surface area contributed by atoms with Crippen LogP contribution in [0.2, 0.25) is 0 Å². The first-order chi connectivity index (χ1) is 13.0. The summed E-state index contributed by atoms with van der Waals surface area (Å²) in [7, 11) is 0. The van der Waals surface area contributed by atoms with Crippen molar-refractivity contribution in [3.05, 3.63) is 28.8 Å². The molecule has 0 fully saturated rings. The standard InChI is InChI=1S/C25H40O3/c1-24(2,3)20-17-19(18-21(23(20)28)25(4,5)6)22(27)15-13-11-9-7-8-10-12-14-16-26/h16-18,28H,7-15H2,1-6H3. The maximum atomic E-state index is 12.8. The van der Waals surface area contributed by atoms with Gasteiger partial charge in [-0.3, -0.25) is 4.79 Å². The van der Waals surface area contributed by atoms with Crippen molar-refractivity contribution in [2.75, 3.05) is 0 Å². The lowest BCUT2D eigenvalue weighted by atomic mass is 9.78. The number of unbranched alkanes of at least 4 members (excludes halogenated alkanes) is 7. The van der Waals surface area contributed by atoms with Gasteiger partial charge < -0.3 is 9.90 Å². The van der Waals surface area contributed by atoms with E-state index in [0.717, 1.165) is 55.1 Å². The Morgan fingerprint density at radius 1 is 0.821 bits per heavy atom. The molecule has 1 aromatic rings. The van der Waals surface area contributed by atoms with Gasteiger partial charge in [0.05, 0.1) is 0 Å².